The normalized spacial score (nSPS) is 11.8. The Kier molecular flexibility index (Phi) is 6.24. The van der Waals surface area contributed by atoms with Crippen molar-refractivity contribution < 1.29 is 4.92 Å². The molecule has 24 heavy (non-hydrogen) atoms. The van der Waals surface area contributed by atoms with E-state index >= 15 is 0 Å². The van der Waals surface area contributed by atoms with Crippen LogP contribution in [-0.4, -0.2) is 39.2 Å². The highest BCUT2D eigenvalue weighted by molar-refractivity contribution is 7.09. The maximum atomic E-state index is 10.6. The Labute approximate surface area is 144 Å². The van der Waals surface area contributed by atoms with Crippen LogP contribution in [0.25, 0.3) is 0 Å². The Hall–Kier alpha value is -2.49. The minimum absolute atomic E-state index is 0.0118. The standard InChI is InChI=1S/C14H21N7O2S/c1-10(2)12-9-24-13(19-12)7-17-14(15-3)16-4-5-20-8-11(6-18-20)21(22)23/h6,8-10H,4-5,7H2,1-3H3,(H2,15,16,17). The van der Waals surface area contributed by atoms with Crippen LogP contribution in [0.15, 0.2) is 22.8 Å². The molecule has 0 radical (unpaired) electrons. The fraction of sp³-hybridized carbons (Fsp3) is 0.500. The first-order valence-corrected chi connectivity index (χ1v) is 8.43. The largest absolute Gasteiger partial charge is 0.355 e. The van der Waals surface area contributed by atoms with Gasteiger partial charge in [0.05, 0.1) is 23.7 Å². The monoisotopic (exact) mass is 351 g/mol. The summed E-state index contributed by atoms with van der Waals surface area (Å²) in [4.78, 5) is 18.8. The van der Waals surface area contributed by atoms with Crippen molar-refractivity contribution in [1.29, 1.82) is 0 Å². The Morgan fingerprint density at radius 2 is 2.29 bits per heavy atom. The Balaban J connectivity index is 1.76. The first-order valence-electron chi connectivity index (χ1n) is 7.55. The summed E-state index contributed by atoms with van der Waals surface area (Å²) in [6.07, 6.45) is 2.64. The average Bonchev–Trinajstić information content (AvgIpc) is 3.20. The summed E-state index contributed by atoms with van der Waals surface area (Å²) in [5, 5.41) is 24.0. The number of hydrogen-bond donors (Lipinski definition) is 2. The molecule has 0 spiro atoms. The van der Waals surface area contributed by atoms with Crippen LogP contribution >= 0.6 is 11.3 Å². The van der Waals surface area contributed by atoms with Gasteiger partial charge in [0.2, 0.25) is 0 Å². The van der Waals surface area contributed by atoms with Gasteiger partial charge in [-0.25, -0.2) is 4.98 Å². The summed E-state index contributed by atoms with van der Waals surface area (Å²) in [7, 11) is 1.69. The highest BCUT2D eigenvalue weighted by Crippen LogP contribution is 2.17. The van der Waals surface area contributed by atoms with E-state index in [4.69, 9.17) is 0 Å². The van der Waals surface area contributed by atoms with Gasteiger partial charge in [-0.1, -0.05) is 13.8 Å². The third kappa shape index (κ3) is 5.01. The molecule has 0 aliphatic rings. The first kappa shape index (κ1) is 17.9. The van der Waals surface area contributed by atoms with Crippen LogP contribution < -0.4 is 10.6 Å². The smallest absolute Gasteiger partial charge is 0.306 e. The Morgan fingerprint density at radius 1 is 1.50 bits per heavy atom. The van der Waals surface area contributed by atoms with Gasteiger partial charge < -0.3 is 10.6 Å². The number of nitro groups is 1. The van der Waals surface area contributed by atoms with Gasteiger partial charge in [-0.3, -0.25) is 19.8 Å². The van der Waals surface area contributed by atoms with Gasteiger partial charge in [-0.2, -0.15) is 5.10 Å². The number of rotatable bonds is 7. The van der Waals surface area contributed by atoms with Gasteiger partial charge in [-0.05, 0) is 5.92 Å². The molecular formula is C14H21N7O2S. The molecule has 2 aromatic rings. The molecule has 0 atom stereocenters. The van der Waals surface area contributed by atoms with Crippen LogP contribution in [0.5, 0.6) is 0 Å². The second-order valence-electron chi connectivity index (χ2n) is 5.39. The second-order valence-corrected chi connectivity index (χ2v) is 6.33. The van der Waals surface area contributed by atoms with Gasteiger partial charge in [0.25, 0.3) is 0 Å². The van der Waals surface area contributed by atoms with Gasteiger partial charge in [-0.15, -0.1) is 11.3 Å². The van der Waals surface area contributed by atoms with Gasteiger partial charge >= 0.3 is 5.69 Å². The summed E-state index contributed by atoms with van der Waals surface area (Å²) in [6, 6.07) is 0. The third-order valence-electron chi connectivity index (χ3n) is 3.26. The number of guanidine groups is 1. The fourth-order valence-electron chi connectivity index (χ4n) is 1.91. The quantitative estimate of drug-likeness (QED) is 0.340. The van der Waals surface area contributed by atoms with Crippen molar-refractivity contribution in [2.75, 3.05) is 13.6 Å². The second kappa shape index (κ2) is 8.39. The van der Waals surface area contributed by atoms with Crippen molar-refractivity contribution >= 4 is 23.0 Å². The van der Waals surface area contributed by atoms with E-state index in [1.165, 1.54) is 17.1 Å². The molecular weight excluding hydrogens is 330 g/mol. The summed E-state index contributed by atoms with van der Waals surface area (Å²) in [6.45, 7) is 5.89. The summed E-state index contributed by atoms with van der Waals surface area (Å²) >= 11 is 1.62. The van der Waals surface area contributed by atoms with Crippen molar-refractivity contribution in [3.8, 4) is 0 Å². The van der Waals surface area contributed by atoms with E-state index in [-0.39, 0.29) is 5.69 Å². The molecule has 10 heteroatoms. The molecule has 0 unspecified atom stereocenters. The lowest BCUT2D eigenvalue weighted by Crippen LogP contribution is -2.38. The molecule has 130 valence electrons. The summed E-state index contributed by atoms with van der Waals surface area (Å²) in [5.41, 5.74) is 1.09. The maximum absolute atomic E-state index is 10.6. The van der Waals surface area contributed by atoms with Gasteiger partial charge in [0.15, 0.2) is 5.96 Å². The number of aliphatic imine (C=N–C) groups is 1. The van der Waals surface area contributed by atoms with Crippen molar-refractivity contribution in [2.24, 2.45) is 4.99 Å². The molecule has 2 rings (SSSR count). The fourth-order valence-corrected chi connectivity index (χ4v) is 2.80. The van der Waals surface area contributed by atoms with Crippen molar-refractivity contribution in [3.63, 3.8) is 0 Å². The highest BCUT2D eigenvalue weighted by atomic mass is 32.1. The molecule has 2 aromatic heterocycles. The van der Waals surface area contributed by atoms with E-state index in [1.807, 2.05) is 0 Å². The SMILES string of the molecule is CN=C(NCCn1cc([N+](=O)[O-])cn1)NCc1nc(C(C)C)cs1. The highest BCUT2D eigenvalue weighted by Gasteiger charge is 2.09. The minimum atomic E-state index is -0.461. The third-order valence-corrected chi connectivity index (χ3v) is 4.12. The lowest BCUT2D eigenvalue weighted by molar-refractivity contribution is -0.385. The Bertz CT molecular complexity index is 708. The van der Waals surface area contributed by atoms with E-state index in [2.05, 4.69) is 44.9 Å². The summed E-state index contributed by atoms with van der Waals surface area (Å²) < 4.78 is 1.52. The van der Waals surface area contributed by atoms with Crippen LogP contribution in [0.4, 0.5) is 5.69 Å². The van der Waals surface area contributed by atoms with Crippen molar-refractivity contribution in [1.82, 2.24) is 25.4 Å². The zero-order chi connectivity index (χ0) is 17.5. The Morgan fingerprint density at radius 3 is 2.88 bits per heavy atom. The summed E-state index contributed by atoms with van der Waals surface area (Å²) in [5.74, 6) is 1.07. The molecule has 0 aliphatic heterocycles. The van der Waals surface area contributed by atoms with E-state index in [9.17, 15) is 10.1 Å². The molecule has 0 amide bonds. The van der Waals surface area contributed by atoms with E-state index in [0.717, 1.165) is 10.7 Å². The zero-order valence-corrected chi connectivity index (χ0v) is 14.7. The lowest BCUT2D eigenvalue weighted by atomic mass is 10.2. The predicted molar refractivity (Wildman–Crippen MR) is 93.3 cm³/mol. The first-order chi connectivity index (χ1) is 11.5. The van der Waals surface area contributed by atoms with Gasteiger partial charge in [0, 0.05) is 19.0 Å². The number of nitrogens with one attached hydrogen (secondary N) is 2. The van der Waals surface area contributed by atoms with Crippen LogP contribution in [0, 0.1) is 10.1 Å². The van der Waals surface area contributed by atoms with Crippen LogP contribution in [0.3, 0.4) is 0 Å². The van der Waals surface area contributed by atoms with E-state index < -0.39 is 4.92 Å². The number of aromatic nitrogens is 3. The van der Waals surface area contributed by atoms with Crippen LogP contribution in [0.1, 0.15) is 30.5 Å². The number of hydrogen-bond acceptors (Lipinski definition) is 6. The van der Waals surface area contributed by atoms with E-state index in [0.29, 0.717) is 31.5 Å². The molecule has 0 aliphatic carbocycles. The van der Waals surface area contributed by atoms with Crippen molar-refractivity contribution in [2.45, 2.75) is 32.9 Å². The van der Waals surface area contributed by atoms with Crippen molar-refractivity contribution in [3.05, 3.63) is 38.6 Å². The zero-order valence-electron chi connectivity index (χ0n) is 13.9. The number of nitrogens with zero attached hydrogens (tertiary/aromatic N) is 5. The number of thiazole rings is 1. The van der Waals surface area contributed by atoms with Gasteiger partial charge in [0.1, 0.15) is 17.4 Å². The maximum Gasteiger partial charge on any atom is 0.306 e. The average molecular weight is 351 g/mol. The molecule has 0 bridgehead atoms. The minimum Gasteiger partial charge on any atom is -0.355 e. The molecule has 2 N–H and O–H groups in total. The van der Waals surface area contributed by atoms with E-state index in [1.54, 1.807) is 18.4 Å². The lowest BCUT2D eigenvalue weighted by Gasteiger charge is -2.10. The molecule has 0 saturated carbocycles. The predicted octanol–water partition coefficient (Wildman–Crippen LogP) is 1.74. The van der Waals surface area contributed by atoms with Crippen LogP contribution in [-0.2, 0) is 13.1 Å². The van der Waals surface area contributed by atoms with Crippen LogP contribution in [0.2, 0.25) is 0 Å². The molecule has 0 fully saturated rings. The molecule has 0 saturated heterocycles. The molecule has 0 aromatic carbocycles. The topological polar surface area (TPSA) is 110 Å². The molecule has 2 heterocycles. The molecule has 9 nitrogen and oxygen atoms in total.